The molecule has 0 unspecified atom stereocenters. The van der Waals surface area contributed by atoms with Gasteiger partial charge >= 0.3 is 5.97 Å². The summed E-state index contributed by atoms with van der Waals surface area (Å²) in [6, 6.07) is 5.54. The van der Waals surface area contributed by atoms with Gasteiger partial charge in [-0.2, -0.15) is 0 Å². The number of nitrogens with two attached hydrogens (primary N) is 1. The van der Waals surface area contributed by atoms with E-state index in [4.69, 9.17) is 10.5 Å². The van der Waals surface area contributed by atoms with E-state index < -0.39 is 0 Å². The van der Waals surface area contributed by atoms with Gasteiger partial charge in [-0.25, -0.2) is 4.79 Å². The maximum absolute atomic E-state index is 12.2. The van der Waals surface area contributed by atoms with Crippen molar-refractivity contribution in [3.8, 4) is 0 Å². The minimum atomic E-state index is -0.265. The van der Waals surface area contributed by atoms with Crippen LogP contribution in [0.25, 0.3) is 0 Å². The number of carbonyl (C=O) groups is 1. The Kier molecular flexibility index (Phi) is 5.27. The Bertz CT molecular complexity index is 452. The van der Waals surface area contributed by atoms with E-state index in [1.807, 2.05) is 19.1 Å². The van der Waals surface area contributed by atoms with Crippen molar-refractivity contribution < 1.29 is 9.53 Å². The first-order chi connectivity index (χ1) is 9.72. The average molecular weight is 276 g/mol. The smallest absolute Gasteiger partial charge is 0.340 e. The monoisotopic (exact) mass is 276 g/mol. The van der Waals surface area contributed by atoms with Gasteiger partial charge in [-0.05, 0) is 37.5 Å². The van der Waals surface area contributed by atoms with E-state index >= 15 is 0 Å². The highest BCUT2D eigenvalue weighted by atomic mass is 16.5. The van der Waals surface area contributed by atoms with Crippen molar-refractivity contribution in [3.63, 3.8) is 0 Å². The Hall–Kier alpha value is -1.71. The molecule has 0 radical (unpaired) electrons. The first-order valence-corrected chi connectivity index (χ1v) is 7.54. The SMILES string of the molecule is CCCOC(=O)c1cc(N)ccc1N1CCCCCC1. The number of esters is 1. The Labute approximate surface area is 120 Å². The molecule has 0 aromatic heterocycles. The summed E-state index contributed by atoms with van der Waals surface area (Å²) in [5.41, 5.74) is 7.99. The van der Waals surface area contributed by atoms with Crippen LogP contribution < -0.4 is 10.6 Å². The van der Waals surface area contributed by atoms with Gasteiger partial charge in [0.25, 0.3) is 0 Å². The second-order valence-electron chi connectivity index (χ2n) is 5.31. The van der Waals surface area contributed by atoms with Gasteiger partial charge < -0.3 is 15.4 Å². The van der Waals surface area contributed by atoms with Crippen molar-refractivity contribution in [1.82, 2.24) is 0 Å². The van der Waals surface area contributed by atoms with Gasteiger partial charge in [-0.3, -0.25) is 0 Å². The molecule has 2 N–H and O–H groups in total. The molecule has 2 rings (SSSR count). The summed E-state index contributed by atoms with van der Waals surface area (Å²) in [5, 5.41) is 0. The van der Waals surface area contributed by atoms with E-state index in [1.54, 1.807) is 6.07 Å². The first-order valence-electron chi connectivity index (χ1n) is 7.54. The van der Waals surface area contributed by atoms with E-state index in [9.17, 15) is 4.79 Å². The lowest BCUT2D eigenvalue weighted by atomic mass is 10.1. The van der Waals surface area contributed by atoms with Gasteiger partial charge in [0.15, 0.2) is 0 Å². The van der Waals surface area contributed by atoms with Crippen molar-refractivity contribution in [2.45, 2.75) is 39.0 Å². The Morgan fingerprint density at radius 2 is 1.95 bits per heavy atom. The van der Waals surface area contributed by atoms with Crippen LogP contribution in [-0.2, 0) is 4.74 Å². The molecule has 110 valence electrons. The number of anilines is 2. The van der Waals surface area contributed by atoms with Gasteiger partial charge in [-0.1, -0.05) is 19.8 Å². The maximum atomic E-state index is 12.2. The second kappa shape index (κ2) is 7.17. The fourth-order valence-electron chi connectivity index (χ4n) is 2.58. The maximum Gasteiger partial charge on any atom is 0.340 e. The molecule has 1 aromatic rings. The molecule has 1 heterocycles. The van der Waals surface area contributed by atoms with Gasteiger partial charge in [0, 0.05) is 18.8 Å². The molecular weight excluding hydrogens is 252 g/mol. The molecule has 1 aromatic carbocycles. The molecule has 20 heavy (non-hydrogen) atoms. The van der Waals surface area contributed by atoms with E-state index in [1.165, 1.54) is 25.7 Å². The molecule has 4 heteroatoms. The van der Waals surface area contributed by atoms with E-state index in [0.29, 0.717) is 17.9 Å². The second-order valence-corrected chi connectivity index (χ2v) is 5.31. The third-order valence-corrected chi connectivity index (χ3v) is 3.62. The molecule has 0 atom stereocenters. The lowest BCUT2D eigenvalue weighted by Crippen LogP contribution is -2.26. The van der Waals surface area contributed by atoms with Crippen LogP contribution in [0.2, 0.25) is 0 Å². The fourth-order valence-corrected chi connectivity index (χ4v) is 2.58. The molecule has 0 amide bonds. The topological polar surface area (TPSA) is 55.6 Å². The number of ether oxygens (including phenoxy) is 1. The van der Waals surface area contributed by atoms with Crippen LogP contribution in [0.4, 0.5) is 11.4 Å². The average Bonchev–Trinajstić information content (AvgIpc) is 2.73. The largest absolute Gasteiger partial charge is 0.462 e. The number of hydrogen-bond donors (Lipinski definition) is 1. The molecule has 1 aliphatic heterocycles. The fraction of sp³-hybridized carbons (Fsp3) is 0.562. The minimum absolute atomic E-state index is 0.265. The third-order valence-electron chi connectivity index (χ3n) is 3.62. The number of benzene rings is 1. The van der Waals surface area contributed by atoms with Gasteiger partial charge in [0.1, 0.15) is 0 Å². The van der Waals surface area contributed by atoms with Crippen LogP contribution in [-0.4, -0.2) is 25.7 Å². The van der Waals surface area contributed by atoms with Gasteiger partial charge in [0.05, 0.1) is 17.9 Å². The number of rotatable bonds is 4. The minimum Gasteiger partial charge on any atom is -0.462 e. The lowest BCUT2D eigenvalue weighted by Gasteiger charge is -2.25. The van der Waals surface area contributed by atoms with E-state index in [2.05, 4.69) is 4.90 Å². The van der Waals surface area contributed by atoms with Crippen LogP contribution in [0.5, 0.6) is 0 Å². The molecule has 1 fully saturated rings. The predicted molar refractivity (Wildman–Crippen MR) is 82.1 cm³/mol. The molecule has 0 saturated carbocycles. The quantitative estimate of drug-likeness (QED) is 0.677. The number of hydrogen-bond acceptors (Lipinski definition) is 4. The highest BCUT2D eigenvalue weighted by Gasteiger charge is 2.19. The van der Waals surface area contributed by atoms with Crippen LogP contribution in [0, 0.1) is 0 Å². The molecule has 1 aliphatic rings. The van der Waals surface area contributed by atoms with Crippen molar-refractivity contribution >= 4 is 17.3 Å². The normalized spacial score (nSPS) is 15.8. The Balaban J connectivity index is 2.24. The highest BCUT2D eigenvalue weighted by molar-refractivity contribution is 5.97. The van der Waals surface area contributed by atoms with Crippen molar-refractivity contribution in [3.05, 3.63) is 23.8 Å². The number of nitrogens with zero attached hydrogens (tertiary/aromatic N) is 1. The van der Waals surface area contributed by atoms with Crippen molar-refractivity contribution in [1.29, 1.82) is 0 Å². The highest BCUT2D eigenvalue weighted by Crippen LogP contribution is 2.26. The summed E-state index contributed by atoms with van der Waals surface area (Å²) in [4.78, 5) is 14.5. The predicted octanol–water partition coefficient (Wildman–Crippen LogP) is 3.22. The van der Waals surface area contributed by atoms with Crippen LogP contribution in [0.1, 0.15) is 49.4 Å². The summed E-state index contributed by atoms with van der Waals surface area (Å²) in [7, 11) is 0. The summed E-state index contributed by atoms with van der Waals surface area (Å²) < 4.78 is 5.27. The number of carbonyl (C=O) groups excluding carboxylic acids is 1. The van der Waals surface area contributed by atoms with Crippen molar-refractivity contribution in [2.24, 2.45) is 0 Å². The molecule has 0 spiro atoms. The van der Waals surface area contributed by atoms with E-state index in [0.717, 1.165) is 25.2 Å². The zero-order valence-corrected chi connectivity index (χ0v) is 12.2. The Morgan fingerprint density at radius 3 is 2.60 bits per heavy atom. The van der Waals surface area contributed by atoms with Gasteiger partial charge in [0.2, 0.25) is 0 Å². The summed E-state index contributed by atoms with van der Waals surface area (Å²) in [5.74, 6) is -0.265. The van der Waals surface area contributed by atoms with Crippen LogP contribution in [0.15, 0.2) is 18.2 Å². The molecule has 0 aliphatic carbocycles. The zero-order valence-electron chi connectivity index (χ0n) is 12.2. The van der Waals surface area contributed by atoms with Gasteiger partial charge in [-0.15, -0.1) is 0 Å². The molecule has 4 nitrogen and oxygen atoms in total. The van der Waals surface area contributed by atoms with E-state index in [-0.39, 0.29) is 5.97 Å². The first kappa shape index (κ1) is 14.7. The zero-order chi connectivity index (χ0) is 14.4. The third kappa shape index (κ3) is 3.65. The number of nitrogen functional groups attached to an aromatic ring is 1. The Morgan fingerprint density at radius 1 is 1.25 bits per heavy atom. The summed E-state index contributed by atoms with van der Waals surface area (Å²) in [6.07, 6.45) is 5.71. The van der Waals surface area contributed by atoms with Crippen LogP contribution >= 0.6 is 0 Å². The standard InChI is InChI=1S/C16H24N2O2/c1-2-11-20-16(19)14-12-13(17)7-8-15(14)18-9-5-3-4-6-10-18/h7-8,12H,2-6,9-11,17H2,1H3. The lowest BCUT2D eigenvalue weighted by molar-refractivity contribution is 0.0506. The van der Waals surface area contributed by atoms with Crippen LogP contribution in [0.3, 0.4) is 0 Å². The van der Waals surface area contributed by atoms with Crippen molar-refractivity contribution in [2.75, 3.05) is 30.3 Å². The summed E-state index contributed by atoms with van der Waals surface area (Å²) >= 11 is 0. The molecule has 0 bridgehead atoms. The molecular formula is C16H24N2O2. The summed E-state index contributed by atoms with van der Waals surface area (Å²) in [6.45, 7) is 4.44. The molecule has 1 saturated heterocycles.